The van der Waals surface area contributed by atoms with Gasteiger partial charge in [-0.1, -0.05) is 115 Å². The summed E-state index contributed by atoms with van der Waals surface area (Å²) in [5.74, 6) is 0.581. The van der Waals surface area contributed by atoms with Gasteiger partial charge in [-0.05, 0) is 78.4 Å². The highest BCUT2D eigenvalue weighted by Crippen LogP contribution is 2.46. The molecule has 0 fully saturated rings. The predicted octanol–water partition coefficient (Wildman–Crippen LogP) is 13.6. The Labute approximate surface area is 310 Å². The molecule has 0 unspecified atom stereocenters. The van der Waals surface area contributed by atoms with Crippen LogP contribution in [0.1, 0.15) is 0 Å². The zero-order valence-electron chi connectivity index (χ0n) is 29.1. The molecule has 254 valence electrons. The fourth-order valence-electron chi connectivity index (χ4n) is 8.02. The van der Waals surface area contributed by atoms with Crippen LogP contribution < -0.4 is 4.90 Å². The molecule has 3 heterocycles. The summed E-state index contributed by atoms with van der Waals surface area (Å²) in [7, 11) is 0. The topological polar surface area (TPSA) is 47.3 Å². The third-order valence-electron chi connectivity index (χ3n) is 10.4. The minimum Gasteiger partial charge on any atom is -0.455 e. The van der Waals surface area contributed by atoms with Crippen LogP contribution in [0, 0.1) is 0 Å². The van der Waals surface area contributed by atoms with Crippen LogP contribution in [0.3, 0.4) is 0 Å². The van der Waals surface area contributed by atoms with E-state index < -0.39 is 0 Å². The Hall–Kier alpha value is -7.37. The summed E-state index contributed by atoms with van der Waals surface area (Å²) in [6.45, 7) is 0. The van der Waals surface area contributed by atoms with Crippen LogP contribution in [0.5, 0.6) is 0 Å². The molecule has 0 aliphatic heterocycles. The van der Waals surface area contributed by atoms with Crippen LogP contribution in [0.25, 0.3) is 83.1 Å². The number of rotatable bonds is 6. The smallest absolute Gasteiger partial charge is 0.227 e. The lowest BCUT2D eigenvalue weighted by molar-refractivity contribution is 0.619. The highest BCUT2D eigenvalue weighted by atomic mass is 16.4. The number of aromatic nitrogens is 2. The molecule has 11 rings (SSSR count). The van der Waals surface area contributed by atoms with Gasteiger partial charge in [0.25, 0.3) is 0 Å². The Bertz CT molecular complexity index is 3140. The maximum absolute atomic E-state index is 6.61. The summed E-state index contributed by atoms with van der Waals surface area (Å²) in [6.07, 6.45) is 0. The lowest BCUT2D eigenvalue weighted by atomic mass is 10.00. The van der Waals surface area contributed by atoms with Crippen LogP contribution in [-0.2, 0) is 0 Å². The van der Waals surface area contributed by atoms with Gasteiger partial charge in [0, 0.05) is 44.2 Å². The zero-order chi connectivity index (χ0) is 35.6. The quantitative estimate of drug-likeness (QED) is 0.174. The molecule has 0 aliphatic rings. The van der Waals surface area contributed by atoms with Crippen LogP contribution in [-0.4, -0.2) is 9.55 Å². The van der Waals surface area contributed by atoms with E-state index in [1.165, 1.54) is 16.3 Å². The number of nitrogens with zero attached hydrogens (tertiary/aromatic N) is 3. The van der Waals surface area contributed by atoms with Crippen molar-refractivity contribution in [2.75, 3.05) is 4.90 Å². The van der Waals surface area contributed by atoms with Crippen LogP contribution >= 0.6 is 0 Å². The minimum absolute atomic E-state index is 0.581. The van der Waals surface area contributed by atoms with Crippen molar-refractivity contribution in [3.05, 3.63) is 188 Å². The van der Waals surface area contributed by atoms with Crippen LogP contribution in [0.4, 0.5) is 17.1 Å². The van der Waals surface area contributed by atoms with Gasteiger partial charge in [-0.15, -0.1) is 0 Å². The molecule has 5 nitrogen and oxygen atoms in total. The van der Waals surface area contributed by atoms with Crippen molar-refractivity contribution in [1.29, 1.82) is 0 Å². The first-order valence-corrected chi connectivity index (χ1v) is 18.1. The molecule has 8 aromatic carbocycles. The number of benzene rings is 8. The summed E-state index contributed by atoms with van der Waals surface area (Å²) >= 11 is 0. The second-order valence-corrected chi connectivity index (χ2v) is 13.5. The van der Waals surface area contributed by atoms with E-state index in [1.54, 1.807) is 0 Å². The van der Waals surface area contributed by atoms with Crippen molar-refractivity contribution in [3.63, 3.8) is 0 Å². The summed E-state index contributed by atoms with van der Waals surface area (Å²) in [4.78, 5) is 7.34. The average molecular weight is 694 g/mol. The van der Waals surface area contributed by atoms with Crippen molar-refractivity contribution in [1.82, 2.24) is 9.55 Å². The molecule has 0 radical (unpaired) electrons. The number of oxazole rings is 1. The lowest BCUT2D eigenvalue weighted by Gasteiger charge is -2.27. The average Bonchev–Trinajstić information content (AvgIpc) is 3.94. The normalized spacial score (nSPS) is 11.7. The first kappa shape index (κ1) is 30.3. The van der Waals surface area contributed by atoms with Crippen LogP contribution in [0.15, 0.2) is 197 Å². The summed E-state index contributed by atoms with van der Waals surface area (Å²) in [6, 6.07) is 65.5. The highest BCUT2D eigenvalue weighted by Gasteiger charge is 2.24. The minimum atomic E-state index is 0.581. The predicted molar refractivity (Wildman–Crippen MR) is 221 cm³/mol. The molecule has 0 saturated carbocycles. The number of para-hydroxylation sites is 5. The van der Waals surface area contributed by atoms with Crippen molar-refractivity contribution >= 4 is 71.9 Å². The molecular weight excluding hydrogens is 663 g/mol. The Morgan fingerprint density at radius 2 is 1.11 bits per heavy atom. The molecule has 0 aliphatic carbocycles. The van der Waals surface area contributed by atoms with Gasteiger partial charge in [-0.2, -0.15) is 0 Å². The lowest BCUT2D eigenvalue weighted by Crippen LogP contribution is -2.11. The number of hydrogen-bond donors (Lipinski definition) is 0. The molecule has 0 bridgehead atoms. The maximum Gasteiger partial charge on any atom is 0.227 e. The fraction of sp³-hybridized carbons (Fsp3) is 0. The van der Waals surface area contributed by atoms with Gasteiger partial charge in [-0.3, -0.25) is 0 Å². The van der Waals surface area contributed by atoms with Crippen molar-refractivity contribution in [2.45, 2.75) is 0 Å². The van der Waals surface area contributed by atoms with Gasteiger partial charge >= 0.3 is 0 Å². The second-order valence-electron chi connectivity index (χ2n) is 13.5. The van der Waals surface area contributed by atoms with E-state index in [0.717, 1.165) is 72.4 Å². The van der Waals surface area contributed by atoms with Gasteiger partial charge in [0.15, 0.2) is 5.58 Å². The van der Waals surface area contributed by atoms with Gasteiger partial charge in [0.05, 0.1) is 22.3 Å². The number of furan rings is 1. The van der Waals surface area contributed by atoms with Gasteiger partial charge in [0.1, 0.15) is 16.7 Å². The van der Waals surface area contributed by atoms with Crippen molar-refractivity contribution < 1.29 is 8.83 Å². The third kappa shape index (κ3) is 4.69. The number of hydrogen-bond acceptors (Lipinski definition) is 4. The maximum atomic E-state index is 6.61. The first-order valence-electron chi connectivity index (χ1n) is 18.1. The Kier molecular flexibility index (Phi) is 6.79. The summed E-state index contributed by atoms with van der Waals surface area (Å²) < 4.78 is 15.6. The first-order chi connectivity index (χ1) is 26.8. The van der Waals surface area contributed by atoms with Gasteiger partial charge < -0.3 is 18.3 Å². The molecule has 11 aromatic rings. The zero-order valence-corrected chi connectivity index (χ0v) is 29.1. The molecule has 5 heteroatoms. The molecular formula is C49H31N3O2. The van der Waals surface area contributed by atoms with Crippen molar-refractivity contribution in [2.24, 2.45) is 0 Å². The highest BCUT2D eigenvalue weighted by molar-refractivity contribution is 6.17. The van der Waals surface area contributed by atoms with Gasteiger partial charge in [-0.25, -0.2) is 4.98 Å². The molecule has 3 aromatic heterocycles. The van der Waals surface area contributed by atoms with E-state index >= 15 is 0 Å². The Morgan fingerprint density at radius 1 is 0.463 bits per heavy atom. The Morgan fingerprint density at radius 3 is 1.91 bits per heavy atom. The largest absolute Gasteiger partial charge is 0.455 e. The SMILES string of the molecule is c1ccc(-c2nc3cc4c(oc5ccccc54)c(-c4ccc(N(c5ccccc5)c5cccc6c7ccccc7n(-c7ccccc7)c56)cc4)c3o2)cc1. The van der Waals surface area contributed by atoms with E-state index in [-0.39, 0.29) is 0 Å². The van der Waals surface area contributed by atoms with E-state index in [9.17, 15) is 0 Å². The molecule has 0 saturated heterocycles. The summed E-state index contributed by atoms with van der Waals surface area (Å²) in [5.41, 5.74) is 12.5. The summed E-state index contributed by atoms with van der Waals surface area (Å²) in [5, 5.41) is 4.47. The number of anilines is 3. The van der Waals surface area contributed by atoms with E-state index in [1.807, 2.05) is 48.5 Å². The van der Waals surface area contributed by atoms with Crippen molar-refractivity contribution in [3.8, 4) is 28.3 Å². The van der Waals surface area contributed by atoms with E-state index in [2.05, 4.69) is 149 Å². The van der Waals surface area contributed by atoms with E-state index in [0.29, 0.717) is 11.5 Å². The Balaban J connectivity index is 1.14. The second kappa shape index (κ2) is 12.1. The fourth-order valence-corrected chi connectivity index (χ4v) is 8.02. The third-order valence-corrected chi connectivity index (χ3v) is 10.4. The molecule has 0 atom stereocenters. The standard InChI is InChI=1S/C49H31N3O2/c1-4-15-33(16-5-1)49-50-41-31-40-38-22-11-13-26-44(38)53-47(40)45(48(41)54-49)32-27-29-36(30-28-32)51(34-17-6-2-7-18-34)43-25-14-23-39-37-21-10-12-24-42(37)52(46(39)43)35-19-8-3-9-20-35/h1-31H. The molecule has 0 N–H and O–H groups in total. The molecule has 54 heavy (non-hydrogen) atoms. The molecule has 0 amide bonds. The van der Waals surface area contributed by atoms with E-state index in [4.69, 9.17) is 13.8 Å². The van der Waals surface area contributed by atoms with Gasteiger partial charge in [0.2, 0.25) is 5.89 Å². The number of fused-ring (bicyclic) bond motifs is 7. The monoisotopic (exact) mass is 693 g/mol. The molecule has 0 spiro atoms. The van der Waals surface area contributed by atoms with Crippen LogP contribution in [0.2, 0.25) is 0 Å².